The van der Waals surface area contributed by atoms with Crippen molar-refractivity contribution in [3.8, 4) is 11.1 Å². The molecule has 1 atom stereocenters. The second kappa shape index (κ2) is 9.41. The number of benzene rings is 3. The van der Waals surface area contributed by atoms with E-state index in [-0.39, 0.29) is 5.56 Å². The molecule has 6 heteroatoms. The molecular weight excluding hydrogens is 468 g/mol. The maximum absolute atomic E-state index is 12.5. The molecule has 0 saturated heterocycles. The van der Waals surface area contributed by atoms with E-state index < -0.39 is 5.54 Å². The van der Waals surface area contributed by atoms with Crippen LogP contribution in [0.1, 0.15) is 35.7 Å². The number of fused-ring (bicyclic) bond motifs is 1. The fourth-order valence-electron chi connectivity index (χ4n) is 5.04. The lowest BCUT2D eigenvalue weighted by Crippen LogP contribution is -2.40. The van der Waals surface area contributed by atoms with E-state index in [4.69, 9.17) is 22.3 Å². The van der Waals surface area contributed by atoms with Crippen LogP contribution in [0.25, 0.3) is 22.0 Å². The zero-order chi connectivity index (χ0) is 25.4. The molecule has 0 spiro atoms. The molecule has 2 aromatic heterocycles. The molecule has 0 amide bonds. The Morgan fingerprint density at radius 2 is 1.78 bits per heavy atom. The van der Waals surface area contributed by atoms with E-state index >= 15 is 0 Å². The molecule has 2 heterocycles. The highest BCUT2D eigenvalue weighted by Gasteiger charge is 2.37. The molecule has 0 aliphatic carbocycles. The van der Waals surface area contributed by atoms with Gasteiger partial charge in [-0.15, -0.1) is 0 Å². The van der Waals surface area contributed by atoms with E-state index in [0.29, 0.717) is 5.02 Å². The molecule has 1 unspecified atom stereocenters. The Morgan fingerprint density at radius 3 is 2.47 bits per heavy atom. The minimum absolute atomic E-state index is 0.0534. The van der Waals surface area contributed by atoms with E-state index in [1.807, 2.05) is 60.3 Å². The van der Waals surface area contributed by atoms with Crippen molar-refractivity contribution in [3.05, 3.63) is 123 Å². The molecule has 2 N–H and O–H groups in total. The quantitative estimate of drug-likeness (QED) is 0.323. The molecule has 5 rings (SSSR count). The van der Waals surface area contributed by atoms with Gasteiger partial charge in [-0.3, -0.25) is 4.79 Å². The molecule has 0 bridgehead atoms. The van der Waals surface area contributed by atoms with Crippen LogP contribution in [0.3, 0.4) is 0 Å². The van der Waals surface area contributed by atoms with Crippen LogP contribution in [0.2, 0.25) is 5.02 Å². The third-order valence-electron chi connectivity index (χ3n) is 6.89. The van der Waals surface area contributed by atoms with Crippen molar-refractivity contribution in [1.29, 1.82) is 0 Å². The van der Waals surface area contributed by atoms with Gasteiger partial charge in [0, 0.05) is 36.8 Å². The van der Waals surface area contributed by atoms with E-state index in [1.54, 1.807) is 24.0 Å². The minimum atomic E-state index is -1.06. The van der Waals surface area contributed by atoms with E-state index in [1.165, 1.54) is 5.56 Å². The molecule has 0 saturated carbocycles. The summed E-state index contributed by atoms with van der Waals surface area (Å²) >= 11 is 6.25. The Hall–Kier alpha value is -3.67. The first-order valence-corrected chi connectivity index (χ1v) is 12.5. The summed E-state index contributed by atoms with van der Waals surface area (Å²) in [4.78, 5) is 17.2. The monoisotopic (exact) mass is 496 g/mol. The van der Waals surface area contributed by atoms with Gasteiger partial charge in [0.1, 0.15) is 5.54 Å². The predicted octanol–water partition coefficient (Wildman–Crippen LogP) is 5.80. The van der Waals surface area contributed by atoms with Crippen LogP contribution in [0.4, 0.5) is 0 Å². The van der Waals surface area contributed by atoms with Crippen molar-refractivity contribution in [3.63, 3.8) is 0 Å². The first-order chi connectivity index (χ1) is 17.3. The van der Waals surface area contributed by atoms with Gasteiger partial charge >= 0.3 is 0 Å². The van der Waals surface area contributed by atoms with Gasteiger partial charge in [0.15, 0.2) is 0 Å². The lowest BCUT2D eigenvalue weighted by Gasteiger charge is -2.32. The van der Waals surface area contributed by atoms with Crippen molar-refractivity contribution in [1.82, 2.24) is 14.1 Å². The maximum atomic E-state index is 12.5. The van der Waals surface area contributed by atoms with Gasteiger partial charge in [-0.05, 0) is 58.5 Å². The Labute approximate surface area is 215 Å². The van der Waals surface area contributed by atoms with Crippen LogP contribution in [-0.4, -0.2) is 14.1 Å². The number of imidazole rings is 1. The summed E-state index contributed by atoms with van der Waals surface area (Å²) < 4.78 is 3.58. The Balaban J connectivity index is 1.91. The Morgan fingerprint density at radius 1 is 1.00 bits per heavy atom. The van der Waals surface area contributed by atoms with E-state index in [2.05, 4.69) is 31.2 Å². The normalized spacial score (nSPS) is 13.1. The number of hydrogen-bond acceptors (Lipinski definition) is 3. The molecule has 0 fully saturated rings. The van der Waals surface area contributed by atoms with Crippen LogP contribution >= 0.6 is 11.6 Å². The zero-order valence-electron chi connectivity index (χ0n) is 20.7. The molecule has 0 radical (unpaired) electrons. The maximum Gasteiger partial charge on any atom is 0.250 e. The first kappa shape index (κ1) is 24.0. The molecule has 3 aromatic carbocycles. The summed E-state index contributed by atoms with van der Waals surface area (Å²) in [7, 11) is 3.74. The number of halogens is 1. The average Bonchev–Trinajstić information content (AvgIpc) is 3.33. The number of nitrogens with zero attached hydrogens (tertiary/aromatic N) is 3. The van der Waals surface area contributed by atoms with Crippen molar-refractivity contribution in [2.45, 2.75) is 25.3 Å². The summed E-state index contributed by atoms with van der Waals surface area (Å²) in [6, 6.07) is 23.7. The summed E-state index contributed by atoms with van der Waals surface area (Å²) in [6.07, 6.45) is 5.76. The largest absolute Gasteiger partial charge is 0.340 e. The molecule has 5 aromatic rings. The minimum Gasteiger partial charge on any atom is -0.340 e. The highest BCUT2D eigenvalue weighted by Crippen LogP contribution is 2.42. The van der Waals surface area contributed by atoms with Crippen LogP contribution in [0, 0.1) is 0 Å². The van der Waals surface area contributed by atoms with Gasteiger partial charge in [0.25, 0.3) is 5.56 Å². The third-order valence-corrected chi connectivity index (χ3v) is 7.15. The number of pyridine rings is 1. The summed E-state index contributed by atoms with van der Waals surface area (Å²) in [6.45, 7) is 2.18. The van der Waals surface area contributed by atoms with Crippen molar-refractivity contribution in [2.75, 3.05) is 0 Å². The van der Waals surface area contributed by atoms with Crippen LogP contribution in [0.5, 0.6) is 0 Å². The number of aromatic nitrogens is 3. The molecule has 5 nitrogen and oxygen atoms in total. The summed E-state index contributed by atoms with van der Waals surface area (Å²) in [5.74, 6) is 0. The van der Waals surface area contributed by atoms with Crippen molar-refractivity contribution >= 4 is 22.5 Å². The Bertz CT molecular complexity index is 1620. The van der Waals surface area contributed by atoms with Gasteiger partial charge in [-0.25, -0.2) is 4.98 Å². The number of aryl methyl sites for hydroxylation is 3. The average molecular weight is 497 g/mol. The van der Waals surface area contributed by atoms with Gasteiger partial charge in [-0.2, -0.15) is 0 Å². The van der Waals surface area contributed by atoms with Crippen molar-refractivity contribution in [2.24, 2.45) is 19.8 Å². The number of nitrogens with two attached hydrogens (primary N) is 1. The lowest BCUT2D eigenvalue weighted by molar-refractivity contribution is 0.634. The first-order valence-electron chi connectivity index (χ1n) is 12.1. The zero-order valence-corrected chi connectivity index (χ0v) is 21.5. The van der Waals surface area contributed by atoms with Gasteiger partial charge in [-0.1, -0.05) is 67.4 Å². The fraction of sp³-hybridized carbons (Fsp3) is 0.200. The fourth-order valence-corrected chi connectivity index (χ4v) is 5.16. The molecule has 36 heavy (non-hydrogen) atoms. The highest BCUT2D eigenvalue weighted by atomic mass is 35.5. The summed E-state index contributed by atoms with van der Waals surface area (Å²) in [5.41, 5.74) is 13.0. The van der Waals surface area contributed by atoms with Crippen LogP contribution in [-0.2, 0) is 26.1 Å². The third kappa shape index (κ3) is 4.04. The topological polar surface area (TPSA) is 65.8 Å². The smallest absolute Gasteiger partial charge is 0.250 e. The van der Waals surface area contributed by atoms with Gasteiger partial charge in [0.2, 0.25) is 0 Å². The van der Waals surface area contributed by atoms with Crippen molar-refractivity contribution < 1.29 is 0 Å². The lowest BCUT2D eigenvalue weighted by atomic mass is 9.76. The number of rotatable bonds is 6. The standard InChI is InChI=1S/C30H29ClN4O/c1-4-6-20-7-5-8-21(17-20)29-24-13-16-28(36)35(3)26(24)15-14-25(29)30(32,27-18-34(2)19-33-27)22-9-11-23(31)12-10-22/h5,7-19H,4,6,32H2,1-3H3. The molecule has 182 valence electrons. The number of hydrogen-bond donors (Lipinski definition) is 1. The SMILES string of the molecule is CCCc1cccc(-c2c(C(N)(c3ccc(Cl)cc3)c3cn(C)cn3)ccc3c2ccc(=O)n3C)c1. The van der Waals surface area contributed by atoms with Crippen LogP contribution < -0.4 is 11.3 Å². The van der Waals surface area contributed by atoms with E-state index in [9.17, 15) is 4.79 Å². The molecule has 0 aliphatic rings. The predicted molar refractivity (Wildman–Crippen MR) is 147 cm³/mol. The molecular formula is C30H29ClN4O. The highest BCUT2D eigenvalue weighted by molar-refractivity contribution is 6.30. The van der Waals surface area contributed by atoms with Crippen LogP contribution in [0.15, 0.2) is 90.1 Å². The second-order valence-electron chi connectivity index (χ2n) is 9.34. The Kier molecular flexibility index (Phi) is 6.29. The van der Waals surface area contributed by atoms with E-state index in [0.717, 1.165) is 51.7 Å². The van der Waals surface area contributed by atoms with Gasteiger partial charge in [0.05, 0.1) is 17.5 Å². The molecule has 0 aliphatic heterocycles. The summed E-state index contributed by atoms with van der Waals surface area (Å²) in [5, 5.41) is 1.60. The van der Waals surface area contributed by atoms with Gasteiger partial charge < -0.3 is 14.9 Å². The second-order valence-corrected chi connectivity index (χ2v) is 9.78.